The molecule has 2 aliphatic rings. The van der Waals surface area contributed by atoms with Crippen LogP contribution in [-0.2, 0) is 0 Å². The van der Waals surface area contributed by atoms with E-state index in [0.717, 1.165) is 35.5 Å². The average Bonchev–Trinajstić information content (AvgIpc) is 2.72. The van der Waals surface area contributed by atoms with Crippen LogP contribution in [0.2, 0.25) is 0 Å². The third-order valence-electron chi connectivity index (χ3n) is 9.12. The number of hydrogen-bond acceptors (Lipinski definition) is 0. The van der Waals surface area contributed by atoms with Gasteiger partial charge in [-0.05, 0) is 48.3 Å². The van der Waals surface area contributed by atoms with Crippen LogP contribution in [0.15, 0.2) is 0 Å². The fourth-order valence-corrected chi connectivity index (χ4v) is 6.89. The number of rotatable bonds is 4. The fraction of sp³-hybridized carbons (Fsp3) is 1.00. The van der Waals surface area contributed by atoms with Gasteiger partial charge in [0.05, 0.1) is 0 Å². The summed E-state index contributed by atoms with van der Waals surface area (Å²) in [6.07, 6.45) is 27.0. The van der Waals surface area contributed by atoms with Crippen molar-refractivity contribution in [2.45, 2.75) is 143 Å². The predicted octanol–water partition coefficient (Wildman–Crippen LogP) is 9.81. The van der Waals surface area contributed by atoms with Gasteiger partial charge >= 0.3 is 0 Å². The zero-order valence-electron chi connectivity index (χ0n) is 20.2. The van der Waals surface area contributed by atoms with Crippen molar-refractivity contribution in [2.24, 2.45) is 35.5 Å². The lowest BCUT2D eigenvalue weighted by Gasteiger charge is -2.43. The Kier molecular flexibility index (Phi) is 12.2. The molecule has 2 aliphatic carbocycles. The van der Waals surface area contributed by atoms with Crippen molar-refractivity contribution < 1.29 is 0 Å². The minimum Gasteiger partial charge on any atom is -0.0651 e. The zero-order chi connectivity index (χ0) is 20.2. The van der Waals surface area contributed by atoms with E-state index in [1.807, 2.05) is 0 Å². The minimum atomic E-state index is 0.970. The molecule has 2 fully saturated rings. The van der Waals surface area contributed by atoms with E-state index in [-0.39, 0.29) is 0 Å². The maximum atomic E-state index is 2.57. The summed E-state index contributed by atoms with van der Waals surface area (Å²) in [5, 5.41) is 0. The summed E-state index contributed by atoms with van der Waals surface area (Å²) in [5.74, 6) is 6.08. The monoisotopic (exact) mass is 390 g/mol. The number of hydrogen-bond donors (Lipinski definition) is 0. The van der Waals surface area contributed by atoms with Gasteiger partial charge in [-0.1, -0.05) is 130 Å². The topological polar surface area (TPSA) is 0 Å². The Morgan fingerprint density at radius 2 is 0.964 bits per heavy atom. The molecule has 0 aromatic rings. The molecule has 0 radical (unpaired) electrons. The van der Waals surface area contributed by atoms with E-state index in [1.54, 1.807) is 25.7 Å². The highest BCUT2D eigenvalue weighted by atomic mass is 14.4. The largest absolute Gasteiger partial charge is 0.0651 e. The molecule has 166 valence electrons. The van der Waals surface area contributed by atoms with Gasteiger partial charge in [0.2, 0.25) is 0 Å². The molecule has 28 heavy (non-hydrogen) atoms. The molecular formula is C28H54. The molecular weight excluding hydrogens is 336 g/mol. The molecule has 4 unspecified atom stereocenters. The van der Waals surface area contributed by atoms with Crippen molar-refractivity contribution in [1.29, 1.82) is 0 Å². The molecule has 0 aromatic carbocycles. The van der Waals surface area contributed by atoms with Crippen LogP contribution in [0.25, 0.3) is 0 Å². The van der Waals surface area contributed by atoms with E-state index in [1.165, 1.54) is 89.9 Å². The Balaban J connectivity index is 1.97. The lowest BCUT2D eigenvalue weighted by atomic mass is 9.62. The third-order valence-corrected chi connectivity index (χ3v) is 9.12. The average molecular weight is 391 g/mol. The molecule has 0 heterocycles. The first kappa shape index (κ1) is 24.3. The lowest BCUT2D eigenvalue weighted by molar-refractivity contribution is 0.0710. The predicted molar refractivity (Wildman–Crippen MR) is 127 cm³/mol. The Hall–Kier alpha value is 0. The summed E-state index contributed by atoms with van der Waals surface area (Å²) in [5.41, 5.74) is 0. The van der Waals surface area contributed by atoms with Crippen molar-refractivity contribution in [3.8, 4) is 0 Å². The third kappa shape index (κ3) is 8.02. The summed E-state index contributed by atoms with van der Waals surface area (Å²) in [4.78, 5) is 0. The Morgan fingerprint density at radius 3 is 1.50 bits per heavy atom. The van der Waals surface area contributed by atoms with Gasteiger partial charge in [0.15, 0.2) is 0 Å². The van der Waals surface area contributed by atoms with Crippen molar-refractivity contribution in [2.75, 3.05) is 0 Å². The second-order valence-corrected chi connectivity index (χ2v) is 10.8. The molecule has 0 aliphatic heterocycles. The van der Waals surface area contributed by atoms with Gasteiger partial charge in [0.25, 0.3) is 0 Å². The van der Waals surface area contributed by atoms with Gasteiger partial charge in [-0.25, -0.2) is 0 Å². The maximum Gasteiger partial charge on any atom is -0.0380 e. The SMILES string of the molecule is CCC1CCCCCCCCCCC(C2CC(CC)C(C)C(CC)C2)CCC1. The second kappa shape index (κ2) is 14.1. The standard InChI is InChI=1S/C28H54/c1-5-24-17-14-12-10-8-9-11-13-15-19-27(20-16-18-24)28-21-25(6-2)23(4)26(7-3)22-28/h23-28H,5-22H2,1-4H3. The van der Waals surface area contributed by atoms with Crippen LogP contribution in [0.3, 0.4) is 0 Å². The van der Waals surface area contributed by atoms with Crippen molar-refractivity contribution in [3.63, 3.8) is 0 Å². The van der Waals surface area contributed by atoms with Gasteiger partial charge in [-0.3, -0.25) is 0 Å². The first-order chi connectivity index (χ1) is 13.7. The molecule has 2 saturated carbocycles. The summed E-state index contributed by atoms with van der Waals surface area (Å²) in [6.45, 7) is 9.93. The van der Waals surface area contributed by atoms with Gasteiger partial charge in [-0.2, -0.15) is 0 Å². The van der Waals surface area contributed by atoms with E-state index in [4.69, 9.17) is 0 Å². The molecule has 0 spiro atoms. The minimum absolute atomic E-state index is 0.970. The van der Waals surface area contributed by atoms with Crippen molar-refractivity contribution in [1.82, 2.24) is 0 Å². The van der Waals surface area contributed by atoms with Gasteiger partial charge in [-0.15, -0.1) is 0 Å². The van der Waals surface area contributed by atoms with Crippen LogP contribution in [0.4, 0.5) is 0 Å². The molecule has 0 bridgehead atoms. The summed E-state index contributed by atoms with van der Waals surface area (Å²) >= 11 is 0. The zero-order valence-corrected chi connectivity index (χ0v) is 20.2. The van der Waals surface area contributed by atoms with Crippen molar-refractivity contribution in [3.05, 3.63) is 0 Å². The maximum absolute atomic E-state index is 2.57. The van der Waals surface area contributed by atoms with E-state index in [0.29, 0.717) is 0 Å². The first-order valence-electron chi connectivity index (χ1n) is 13.7. The second-order valence-electron chi connectivity index (χ2n) is 10.8. The molecule has 0 aromatic heterocycles. The highest BCUT2D eigenvalue weighted by molar-refractivity contribution is 4.86. The molecule has 0 heteroatoms. The molecule has 2 rings (SSSR count). The molecule has 0 amide bonds. The quantitative estimate of drug-likeness (QED) is 0.448. The summed E-state index contributed by atoms with van der Waals surface area (Å²) in [7, 11) is 0. The Labute approximate surface area is 179 Å². The molecule has 0 nitrogen and oxygen atoms in total. The van der Waals surface area contributed by atoms with E-state index >= 15 is 0 Å². The van der Waals surface area contributed by atoms with Crippen LogP contribution < -0.4 is 0 Å². The van der Waals surface area contributed by atoms with Crippen LogP contribution in [0.1, 0.15) is 143 Å². The summed E-state index contributed by atoms with van der Waals surface area (Å²) < 4.78 is 0. The van der Waals surface area contributed by atoms with E-state index in [2.05, 4.69) is 27.7 Å². The normalized spacial score (nSPS) is 37.7. The lowest BCUT2D eigenvalue weighted by Crippen LogP contribution is -2.34. The van der Waals surface area contributed by atoms with Gasteiger partial charge in [0, 0.05) is 0 Å². The molecule has 0 N–H and O–H groups in total. The van der Waals surface area contributed by atoms with Crippen LogP contribution >= 0.6 is 0 Å². The Morgan fingerprint density at radius 1 is 0.500 bits per heavy atom. The highest BCUT2D eigenvalue weighted by Crippen LogP contribution is 2.46. The summed E-state index contributed by atoms with van der Waals surface area (Å²) in [6, 6.07) is 0. The smallest absolute Gasteiger partial charge is 0.0380 e. The molecule has 0 saturated heterocycles. The van der Waals surface area contributed by atoms with E-state index in [9.17, 15) is 0 Å². The van der Waals surface area contributed by atoms with E-state index < -0.39 is 0 Å². The van der Waals surface area contributed by atoms with Crippen LogP contribution in [-0.4, -0.2) is 0 Å². The van der Waals surface area contributed by atoms with Crippen LogP contribution in [0, 0.1) is 35.5 Å². The highest BCUT2D eigenvalue weighted by Gasteiger charge is 2.36. The Bertz CT molecular complexity index is 358. The van der Waals surface area contributed by atoms with Crippen molar-refractivity contribution >= 4 is 0 Å². The van der Waals surface area contributed by atoms with Crippen LogP contribution in [0.5, 0.6) is 0 Å². The fourth-order valence-electron chi connectivity index (χ4n) is 6.89. The van der Waals surface area contributed by atoms with Gasteiger partial charge in [0.1, 0.15) is 0 Å². The first-order valence-corrected chi connectivity index (χ1v) is 13.7. The van der Waals surface area contributed by atoms with Gasteiger partial charge < -0.3 is 0 Å². The molecule has 4 atom stereocenters.